The minimum Gasteiger partial charge on any atom is -0.294 e. The Morgan fingerprint density at radius 1 is 1.44 bits per heavy atom. The Kier molecular flexibility index (Phi) is 3.82. The average Bonchev–Trinajstić information content (AvgIpc) is 2.76. The highest BCUT2D eigenvalue weighted by Crippen LogP contribution is 2.19. The van der Waals surface area contributed by atoms with Crippen LogP contribution in [0.1, 0.15) is 28.4 Å². The Bertz CT molecular complexity index is 575. The maximum Gasteiger partial charge on any atom is 0.168 e. The van der Waals surface area contributed by atoms with Gasteiger partial charge in [0.2, 0.25) is 0 Å². The summed E-state index contributed by atoms with van der Waals surface area (Å²) < 4.78 is 1.80. The van der Waals surface area contributed by atoms with Gasteiger partial charge in [0.15, 0.2) is 5.78 Å². The van der Waals surface area contributed by atoms with Crippen LogP contribution in [0, 0.1) is 6.92 Å². The summed E-state index contributed by atoms with van der Waals surface area (Å²) in [5.41, 5.74) is 2.54. The molecule has 0 fully saturated rings. The van der Waals surface area contributed by atoms with Crippen molar-refractivity contribution in [2.75, 3.05) is 0 Å². The third kappa shape index (κ3) is 2.79. The largest absolute Gasteiger partial charge is 0.294 e. The molecule has 0 aliphatic rings. The fourth-order valence-corrected chi connectivity index (χ4v) is 2.14. The fraction of sp³-hybridized carbons (Fsp3) is 0.286. The normalized spacial score (nSPS) is 10.6. The molecule has 0 aliphatic heterocycles. The van der Waals surface area contributed by atoms with E-state index in [-0.39, 0.29) is 5.78 Å². The van der Waals surface area contributed by atoms with Crippen molar-refractivity contribution in [1.82, 2.24) is 9.78 Å². The number of Topliss-reactive ketones (excluding diaryl/α,β-unsaturated/α-hetero) is 1. The molecule has 1 heterocycles. The van der Waals surface area contributed by atoms with E-state index in [0.717, 1.165) is 17.7 Å². The summed E-state index contributed by atoms with van der Waals surface area (Å²) in [4.78, 5) is 12.1. The van der Waals surface area contributed by atoms with Gasteiger partial charge in [-0.15, -0.1) is 0 Å². The van der Waals surface area contributed by atoms with Gasteiger partial charge >= 0.3 is 0 Å². The van der Waals surface area contributed by atoms with E-state index in [9.17, 15) is 4.79 Å². The van der Waals surface area contributed by atoms with Gasteiger partial charge < -0.3 is 0 Å². The van der Waals surface area contributed by atoms with Gasteiger partial charge in [-0.3, -0.25) is 9.48 Å². The molecular formula is C14H15ClN2O. The highest BCUT2D eigenvalue weighted by molar-refractivity contribution is 6.34. The SMILES string of the molecule is CCn1cc(CC(=O)c2ccc(C)cc2Cl)cn1. The summed E-state index contributed by atoms with van der Waals surface area (Å²) in [6.45, 7) is 4.76. The fourth-order valence-electron chi connectivity index (χ4n) is 1.80. The third-order valence-electron chi connectivity index (χ3n) is 2.80. The van der Waals surface area contributed by atoms with Crippen molar-refractivity contribution in [2.24, 2.45) is 0 Å². The van der Waals surface area contributed by atoms with E-state index in [1.54, 1.807) is 16.9 Å². The lowest BCUT2D eigenvalue weighted by Gasteiger charge is -2.03. The number of hydrogen-bond donors (Lipinski definition) is 0. The lowest BCUT2D eigenvalue weighted by molar-refractivity contribution is 0.0993. The molecule has 0 spiro atoms. The van der Waals surface area contributed by atoms with Crippen molar-refractivity contribution in [3.63, 3.8) is 0 Å². The summed E-state index contributed by atoms with van der Waals surface area (Å²) in [5, 5.41) is 4.67. The summed E-state index contributed by atoms with van der Waals surface area (Å²) in [6.07, 6.45) is 3.95. The summed E-state index contributed by atoms with van der Waals surface area (Å²) in [6, 6.07) is 5.49. The van der Waals surface area contributed by atoms with E-state index >= 15 is 0 Å². The molecule has 18 heavy (non-hydrogen) atoms. The van der Waals surface area contributed by atoms with Gasteiger partial charge in [0.1, 0.15) is 0 Å². The van der Waals surface area contributed by atoms with Crippen LogP contribution in [-0.4, -0.2) is 15.6 Å². The van der Waals surface area contributed by atoms with Gasteiger partial charge in [-0.2, -0.15) is 5.10 Å². The maximum atomic E-state index is 12.1. The highest BCUT2D eigenvalue weighted by Gasteiger charge is 2.12. The van der Waals surface area contributed by atoms with Crippen molar-refractivity contribution < 1.29 is 4.79 Å². The standard InChI is InChI=1S/C14H15ClN2O/c1-3-17-9-11(8-16-17)7-14(18)12-5-4-10(2)6-13(12)15/h4-6,8-9H,3,7H2,1-2H3. The van der Waals surface area contributed by atoms with E-state index < -0.39 is 0 Å². The zero-order valence-electron chi connectivity index (χ0n) is 10.5. The minimum atomic E-state index is 0.0238. The molecular weight excluding hydrogens is 248 g/mol. The number of halogens is 1. The Morgan fingerprint density at radius 3 is 2.83 bits per heavy atom. The molecule has 94 valence electrons. The summed E-state index contributed by atoms with van der Waals surface area (Å²) in [5.74, 6) is 0.0238. The van der Waals surface area contributed by atoms with Crippen molar-refractivity contribution in [2.45, 2.75) is 26.8 Å². The van der Waals surface area contributed by atoms with Gasteiger partial charge in [-0.1, -0.05) is 17.7 Å². The number of carbonyl (C=O) groups is 1. The number of aromatic nitrogens is 2. The van der Waals surface area contributed by atoms with Gasteiger partial charge in [-0.05, 0) is 37.1 Å². The third-order valence-corrected chi connectivity index (χ3v) is 3.11. The van der Waals surface area contributed by atoms with Crippen LogP contribution in [0.25, 0.3) is 0 Å². The van der Waals surface area contributed by atoms with E-state index in [1.165, 1.54) is 0 Å². The highest BCUT2D eigenvalue weighted by atomic mass is 35.5. The van der Waals surface area contributed by atoms with Crippen LogP contribution in [0.4, 0.5) is 0 Å². The van der Waals surface area contributed by atoms with Crippen LogP contribution in [0.3, 0.4) is 0 Å². The average molecular weight is 263 g/mol. The van der Waals surface area contributed by atoms with Crippen LogP contribution in [0.15, 0.2) is 30.6 Å². The van der Waals surface area contributed by atoms with E-state index in [0.29, 0.717) is 17.0 Å². The van der Waals surface area contributed by atoms with Crippen molar-refractivity contribution in [3.8, 4) is 0 Å². The number of aryl methyl sites for hydroxylation is 2. The maximum absolute atomic E-state index is 12.1. The smallest absolute Gasteiger partial charge is 0.168 e. The number of benzene rings is 1. The van der Waals surface area contributed by atoms with Crippen molar-refractivity contribution in [3.05, 3.63) is 52.3 Å². The van der Waals surface area contributed by atoms with Crippen LogP contribution >= 0.6 is 11.6 Å². The number of nitrogens with zero attached hydrogens (tertiary/aromatic N) is 2. The zero-order valence-corrected chi connectivity index (χ0v) is 11.2. The first-order valence-corrected chi connectivity index (χ1v) is 6.28. The van der Waals surface area contributed by atoms with Gasteiger partial charge in [0.25, 0.3) is 0 Å². The number of rotatable bonds is 4. The molecule has 4 heteroatoms. The molecule has 0 radical (unpaired) electrons. The summed E-state index contributed by atoms with van der Waals surface area (Å²) >= 11 is 6.08. The predicted octanol–water partition coefficient (Wildman–Crippen LogP) is 3.29. The molecule has 2 aromatic rings. The molecule has 0 aliphatic carbocycles. The monoisotopic (exact) mass is 262 g/mol. The van der Waals surface area contributed by atoms with Gasteiger partial charge in [0.05, 0.1) is 11.2 Å². The first kappa shape index (κ1) is 12.8. The Labute approximate surface area is 111 Å². The predicted molar refractivity (Wildman–Crippen MR) is 72.1 cm³/mol. The number of hydrogen-bond acceptors (Lipinski definition) is 2. The quantitative estimate of drug-likeness (QED) is 0.793. The lowest BCUT2D eigenvalue weighted by Crippen LogP contribution is -2.04. The van der Waals surface area contributed by atoms with Gasteiger partial charge in [-0.25, -0.2) is 0 Å². The molecule has 1 aromatic carbocycles. The molecule has 0 N–H and O–H groups in total. The first-order valence-electron chi connectivity index (χ1n) is 5.91. The summed E-state index contributed by atoms with van der Waals surface area (Å²) in [7, 11) is 0. The molecule has 1 aromatic heterocycles. The molecule has 0 unspecified atom stereocenters. The van der Waals surface area contributed by atoms with E-state index in [1.807, 2.05) is 32.2 Å². The number of carbonyl (C=O) groups excluding carboxylic acids is 1. The van der Waals surface area contributed by atoms with E-state index in [2.05, 4.69) is 5.10 Å². The Morgan fingerprint density at radius 2 is 2.22 bits per heavy atom. The van der Waals surface area contributed by atoms with Crippen LogP contribution in [-0.2, 0) is 13.0 Å². The molecule has 3 nitrogen and oxygen atoms in total. The minimum absolute atomic E-state index is 0.0238. The van der Waals surface area contributed by atoms with Crippen LogP contribution < -0.4 is 0 Å². The van der Waals surface area contributed by atoms with Crippen LogP contribution in [0.5, 0.6) is 0 Å². The second-order valence-corrected chi connectivity index (χ2v) is 4.69. The molecule has 0 amide bonds. The Balaban J connectivity index is 2.16. The molecule has 0 saturated carbocycles. The van der Waals surface area contributed by atoms with Crippen molar-refractivity contribution in [1.29, 1.82) is 0 Å². The molecule has 0 bridgehead atoms. The van der Waals surface area contributed by atoms with E-state index in [4.69, 9.17) is 11.6 Å². The second-order valence-electron chi connectivity index (χ2n) is 4.29. The second kappa shape index (κ2) is 5.36. The molecule has 0 atom stereocenters. The van der Waals surface area contributed by atoms with Crippen LogP contribution in [0.2, 0.25) is 5.02 Å². The van der Waals surface area contributed by atoms with Crippen molar-refractivity contribution >= 4 is 17.4 Å². The lowest BCUT2D eigenvalue weighted by atomic mass is 10.0. The first-order chi connectivity index (χ1) is 8.60. The Hall–Kier alpha value is -1.61. The van der Waals surface area contributed by atoms with Gasteiger partial charge in [0, 0.05) is 24.7 Å². The number of ketones is 1. The molecule has 2 rings (SSSR count). The zero-order chi connectivity index (χ0) is 13.1. The topological polar surface area (TPSA) is 34.9 Å². The molecule has 0 saturated heterocycles.